The summed E-state index contributed by atoms with van der Waals surface area (Å²) in [4.78, 5) is 12.1. The van der Waals surface area contributed by atoms with Crippen molar-refractivity contribution in [1.82, 2.24) is 10.2 Å². The van der Waals surface area contributed by atoms with E-state index in [-0.39, 0.29) is 17.9 Å². The number of benzene rings is 1. The number of rotatable bonds is 2. The second-order valence-corrected chi connectivity index (χ2v) is 4.86. The Morgan fingerprint density at radius 1 is 1.44 bits per heavy atom. The molecule has 94 valence electrons. The fourth-order valence-electron chi connectivity index (χ4n) is 2.57. The lowest BCUT2D eigenvalue weighted by Gasteiger charge is -2.15. The van der Waals surface area contributed by atoms with Crippen LogP contribution < -0.4 is 11.1 Å². The van der Waals surface area contributed by atoms with Crippen LogP contribution in [0.2, 0.25) is 0 Å². The largest absolute Gasteiger partial charge is 0.327 e. The van der Waals surface area contributed by atoms with Crippen LogP contribution in [0.3, 0.4) is 0 Å². The Bertz CT molecular complexity index is 577. The highest BCUT2D eigenvalue weighted by atomic mass is 16.1. The fourth-order valence-corrected chi connectivity index (χ4v) is 2.57. The van der Waals surface area contributed by atoms with Crippen LogP contribution >= 0.6 is 0 Å². The predicted octanol–water partition coefficient (Wildman–Crippen LogP) is 1.63. The van der Waals surface area contributed by atoms with E-state index in [0.717, 1.165) is 35.9 Å². The molecule has 2 aromatic rings. The Hall–Kier alpha value is -1.88. The number of hydrogen-bond donors (Lipinski definition) is 3. The number of H-pyrrole nitrogens is 1. The smallest absolute Gasteiger partial charge is 0.229 e. The summed E-state index contributed by atoms with van der Waals surface area (Å²) in [6.07, 6.45) is 4.62. The molecule has 0 saturated heterocycles. The normalized spacial score (nSPS) is 23.4. The number of carbonyl (C=O) groups is 1. The van der Waals surface area contributed by atoms with Crippen LogP contribution in [0.5, 0.6) is 0 Å². The molecule has 1 aliphatic rings. The summed E-state index contributed by atoms with van der Waals surface area (Å²) in [7, 11) is 0. The monoisotopic (exact) mass is 244 g/mol. The van der Waals surface area contributed by atoms with Crippen LogP contribution in [0, 0.1) is 5.92 Å². The molecule has 1 aliphatic carbocycles. The molecule has 0 aliphatic heterocycles. The Balaban J connectivity index is 1.77. The molecule has 1 amide bonds. The van der Waals surface area contributed by atoms with E-state index in [4.69, 9.17) is 5.73 Å². The highest BCUT2D eigenvalue weighted by Crippen LogP contribution is 2.26. The maximum atomic E-state index is 12.1. The van der Waals surface area contributed by atoms with Crippen molar-refractivity contribution >= 4 is 22.5 Å². The van der Waals surface area contributed by atoms with E-state index in [1.54, 1.807) is 6.20 Å². The first-order chi connectivity index (χ1) is 8.74. The first-order valence-electron chi connectivity index (χ1n) is 6.23. The lowest BCUT2D eigenvalue weighted by Crippen LogP contribution is -2.34. The number of hydrogen-bond acceptors (Lipinski definition) is 3. The van der Waals surface area contributed by atoms with Crippen LogP contribution in [0.15, 0.2) is 24.4 Å². The molecule has 1 fully saturated rings. The van der Waals surface area contributed by atoms with Crippen LogP contribution in [0.1, 0.15) is 19.3 Å². The second-order valence-electron chi connectivity index (χ2n) is 4.86. The zero-order valence-corrected chi connectivity index (χ0v) is 10.0. The summed E-state index contributed by atoms with van der Waals surface area (Å²) in [5.74, 6) is -0.0205. The van der Waals surface area contributed by atoms with Crippen molar-refractivity contribution in [3.05, 3.63) is 24.4 Å². The minimum atomic E-state index is -0.0509. The molecule has 0 radical (unpaired) electrons. The van der Waals surface area contributed by atoms with Crippen molar-refractivity contribution < 1.29 is 4.79 Å². The van der Waals surface area contributed by atoms with E-state index >= 15 is 0 Å². The minimum absolute atomic E-state index is 0.00246. The number of nitrogens with zero attached hydrogens (tertiary/aromatic N) is 1. The SMILES string of the molecule is N[C@@H]1CCC[C@@H]1C(=O)Nc1ccc2[nH]ncc2c1. The number of nitrogens with one attached hydrogen (secondary N) is 2. The first kappa shape index (κ1) is 11.2. The van der Waals surface area contributed by atoms with Gasteiger partial charge in [0.05, 0.1) is 17.6 Å². The number of anilines is 1. The summed E-state index contributed by atoms with van der Waals surface area (Å²) in [6, 6.07) is 5.70. The van der Waals surface area contributed by atoms with Gasteiger partial charge in [-0.2, -0.15) is 5.10 Å². The summed E-state index contributed by atoms with van der Waals surface area (Å²) in [6.45, 7) is 0. The van der Waals surface area contributed by atoms with Gasteiger partial charge < -0.3 is 11.1 Å². The van der Waals surface area contributed by atoms with Gasteiger partial charge in [0.25, 0.3) is 0 Å². The van der Waals surface area contributed by atoms with Gasteiger partial charge in [0.2, 0.25) is 5.91 Å². The molecule has 1 saturated carbocycles. The average Bonchev–Trinajstić information content (AvgIpc) is 2.96. The molecule has 2 atom stereocenters. The van der Waals surface area contributed by atoms with Gasteiger partial charge in [0, 0.05) is 17.1 Å². The van der Waals surface area contributed by atoms with Crippen LogP contribution in [0.4, 0.5) is 5.69 Å². The highest BCUT2D eigenvalue weighted by Gasteiger charge is 2.30. The summed E-state index contributed by atoms with van der Waals surface area (Å²) in [5, 5.41) is 10.8. The Kier molecular flexibility index (Phi) is 2.76. The lowest BCUT2D eigenvalue weighted by molar-refractivity contribution is -0.120. The summed E-state index contributed by atoms with van der Waals surface area (Å²) < 4.78 is 0. The summed E-state index contributed by atoms with van der Waals surface area (Å²) in [5.41, 5.74) is 7.69. The topological polar surface area (TPSA) is 83.8 Å². The van der Waals surface area contributed by atoms with Gasteiger partial charge in [-0.25, -0.2) is 0 Å². The third-order valence-electron chi connectivity index (χ3n) is 3.61. The van der Waals surface area contributed by atoms with Gasteiger partial charge in [-0.05, 0) is 31.0 Å². The van der Waals surface area contributed by atoms with E-state index in [2.05, 4.69) is 15.5 Å². The Morgan fingerprint density at radius 2 is 2.33 bits per heavy atom. The van der Waals surface area contributed by atoms with E-state index in [0.29, 0.717) is 0 Å². The number of fused-ring (bicyclic) bond motifs is 1. The minimum Gasteiger partial charge on any atom is -0.327 e. The van der Waals surface area contributed by atoms with Crippen molar-refractivity contribution in [2.45, 2.75) is 25.3 Å². The molecule has 1 aromatic heterocycles. The van der Waals surface area contributed by atoms with E-state index in [1.165, 1.54) is 0 Å². The predicted molar refractivity (Wildman–Crippen MR) is 70.0 cm³/mol. The lowest BCUT2D eigenvalue weighted by atomic mass is 10.0. The summed E-state index contributed by atoms with van der Waals surface area (Å²) >= 11 is 0. The molecule has 18 heavy (non-hydrogen) atoms. The number of aromatic amines is 1. The Morgan fingerprint density at radius 3 is 3.11 bits per heavy atom. The van der Waals surface area contributed by atoms with Crippen molar-refractivity contribution in [2.75, 3.05) is 5.32 Å². The molecule has 4 N–H and O–H groups in total. The van der Waals surface area contributed by atoms with Gasteiger partial charge in [-0.3, -0.25) is 9.89 Å². The molecule has 1 aromatic carbocycles. The molecule has 1 heterocycles. The van der Waals surface area contributed by atoms with Gasteiger partial charge in [-0.1, -0.05) is 6.42 Å². The van der Waals surface area contributed by atoms with Gasteiger partial charge in [0.15, 0.2) is 0 Å². The van der Waals surface area contributed by atoms with E-state index in [1.807, 2.05) is 18.2 Å². The van der Waals surface area contributed by atoms with E-state index in [9.17, 15) is 4.79 Å². The first-order valence-corrected chi connectivity index (χ1v) is 6.23. The molecule has 5 heteroatoms. The van der Waals surface area contributed by atoms with Crippen molar-refractivity contribution in [3.63, 3.8) is 0 Å². The Labute approximate surface area is 105 Å². The average molecular weight is 244 g/mol. The zero-order valence-electron chi connectivity index (χ0n) is 10.0. The van der Waals surface area contributed by atoms with Crippen LogP contribution in [-0.2, 0) is 4.79 Å². The molecule has 0 spiro atoms. The van der Waals surface area contributed by atoms with Crippen LogP contribution in [-0.4, -0.2) is 22.1 Å². The zero-order chi connectivity index (χ0) is 12.5. The number of amides is 1. The van der Waals surface area contributed by atoms with Crippen molar-refractivity contribution in [3.8, 4) is 0 Å². The highest BCUT2D eigenvalue weighted by molar-refractivity contribution is 5.95. The molecule has 0 unspecified atom stereocenters. The van der Waals surface area contributed by atoms with Crippen LogP contribution in [0.25, 0.3) is 10.9 Å². The molecular formula is C13H16N4O. The number of carbonyl (C=O) groups excluding carboxylic acids is 1. The maximum Gasteiger partial charge on any atom is 0.229 e. The molecule has 5 nitrogen and oxygen atoms in total. The van der Waals surface area contributed by atoms with E-state index < -0.39 is 0 Å². The van der Waals surface area contributed by atoms with Gasteiger partial charge in [0.1, 0.15) is 0 Å². The quantitative estimate of drug-likeness (QED) is 0.750. The van der Waals surface area contributed by atoms with Crippen molar-refractivity contribution in [2.24, 2.45) is 11.7 Å². The third-order valence-corrected chi connectivity index (χ3v) is 3.61. The molecule has 0 bridgehead atoms. The standard InChI is InChI=1S/C13H16N4O/c14-11-3-1-2-10(11)13(18)16-9-4-5-12-8(6-9)7-15-17-12/h4-7,10-11H,1-3,14H2,(H,15,17)(H,16,18)/t10-,11+/m0/s1. The number of aromatic nitrogens is 2. The van der Waals surface area contributed by atoms with Crippen molar-refractivity contribution in [1.29, 1.82) is 0 Å². The fraction of sp³-hybridized carbons (Fsp3) is 0.385. The van der Waals surface area contributed by atoms with Gasteiger partial charge >= 0.3 is 0 Å². The maximum absolute atomic E-state index is 12.1. The van der Waals surface area contributed by atoms with Gasteiger partial charge in [-0.15, -0.1) is 0 Å². The molecular weight excluding hydrogens is 228 g/mol. The number of nitrogens with two attached hydrogens (primary N) is 1. The third kappa shape index (κ3) is 1.97. The second kappa shape index (κ2) is 4.42. The molecule has 3 rings (SSSR count).